The molecule has 184 valence electrons. The minimum absolute atomic E-state index is 0.137. The zero-order chi connectivity index (χ0) is 24.9. The Balaban J connectivity index is 1.58. The van der Waals surface area contributed by atoms with Crippen molar-refractivity contribution in [1.29, 1.82) is 0 Å². The molecule has 0 bridgehead atoms. The first kappa shape index (κ1) is 24.5. The number of imidazole rings is 1. The Morgan fingerprint density at radius 1 is 1.20 bits per heavy atom. The Hall–Kier alpha value is -3.59. The highest BCUT2D eigenvalue weighted by Crippen LogP contribution is 2.24. The third kappa shape index (κ3) is 5.92. The molecule has 35 heavy (non-hydrogen) atoms. The zero-order valence-electron chi connectivity index (χ0n) is 20.8. The lowest BCUT2D eigenvalue weighted by Gasteiger charge is -2.38. The molecule has 0 aliphatic carbocycles. The Morgan fingerprint density at radius 2 is 1.97 bits per heavy atom. The molecule has 0 saturated carbocycles. The third-order valence-corrected chi connectivity index (χ3v) is 6.24. The Morgan fingerprint density at radius 3 is 2.63 bits per heavy atom. The van der Waals surface area contributed by atoms with E-state index in [1.54, 1.807) is 17.1 Å². The van der Waals surface area contributed by atoms with Crippen molar-refractivity contribution in [3.8, 4) is 5.95 Å². The summed E-state index contributed by atoms with van der Waals surface area (Å²) < 4.78 is 1.79. The minimum Gasteiger partial charge on any atom is -0.350 e. The van der Waals surface area contributed by atoms with E-state index in [1.807, 2.05) is 43.5 Å². The first-order valence-corrected chi connectivity index (χ1v) is 12.0. The number of aromatic nitrogens is 4. The number of anilines is 1. The van der Waals surface area contributed by atoms with Gasteiger partial charge in [-0.1, -0.05) is 43.7 Å². The minimum atomic E-state index is -0.252. The van der Waals surface area contributed by atoms with E-state index >= 15 is 0 Å². The molecule has 3 heterocycles. The fraction of sp³-hybridized carbons (Fsp3) is 0.423. The van der Waals surface area contributed by atoms with Gasteiger partial charge in [0.05, 0.1) is 18.3 Å². The summed E-state index contributed by atoms with van der Waals surface area (Å²) >= 11 is 0. The summed E-state index contributed by atoms with van der Waals surface area (Å²) in [6.07, 6.45) is 5.40. The Kier molecular flexibility index (Phi) is 7.55. The Bertz CT molecular complexity index is 1160. The van der Waals surface area contributed by atoms with Gasteiger partial charge in [-0.25, -0.2) is 9.97 Å². The number of nitrogens with one attached hydrogen (secondary N) is 1. The van der Waals surface area contributed by atoms with Gasteiger partial charge in [0.2, 0.25) is 17.8 Å². The van der Waals surface area contributed by atoms with Gasteiger partial charge in [0.15, 0.2) is 0 Å². The molecule has 9 nitrogen and oxygen atoms in total. The summed E-state index contributed by atoms with van der Waals surface area (Å²) in [5.41, 5.74) is 2.99. The molecular formula is C26H33N7O2. The number of piperazine rings is 1. The number of nitrogens with zero attached hydrogens (tertiary/aromatic N) is 6. The van der Waals surface area contributed by atoms with Crippen molar-refractivity contribution in [1.82, 2.24) is 29.7 Å². The molecule has 1 N–H and O–H groups in total. The van der Waals surface area contributed by atoms with Crippen LogP contribution in [0.3, 0.4) is 0 Å². The van der Waals surface area contributed by atoms with Crippen LogP contribution in [0.1, 0.15) is 49.9 Å². The maximum absolute atomic E-state index is 13.3. The highest BCUT2D eigenvalue weighted by molar-refractivity contribution is 5.94. The summed E-state index contributed by atoms with van der Waals surface area (Å²) in [6, 6.07) is 9.76. The van der Waals surface area contributed by atoms with Crippen LogP contribution in [0.2, 0.25) is 0 Å². The van der Waals surface area contributed by atoms with Crippen LogP contribution in [0.5, 0.6) is 0 Å². The zero-order valence-corrected chi connectivity index (χ0v) is 20.8. The van der Waals surface area contributed by atoms with Crippen LogP contribution < -0.4 is 10.2 Å². The molecule has 1 fully saturated rings. The van der Waals surface area contributed by atoms with Gasteiger partial charge in [0.1, 0.15) is 12.1 Å². The number of carbonyl (C=O) groups excluding carboxylic acids is 2. The number of hydrogen-bond acceptors (Lipinski definition) is 7. The van der Waals surface area contributed by atoms with E-state index in [4.69, 9.17) is 9.97 Å². The van der Waals surface area contributed by atoms with Crippen LogP contribution in [0.15, 0.2) is 49.1 Å². The summed E-state index contributed by atoms with van der Waals surface area (Å²) in [7, 11) is 0. The predicted octanol–water partition coefficient (Wildman–Crippen LogP) is 2.84. The van der Waals surface area contributed by atoms with Crippen molar-refractivity contribution >= 4 is 17.6 Å². The monoisotopic (exact) mass is 475 g/mol. The molecule has 1 unspecified atom stereocenters. The standard InChI is InChI=1S/C26H33N7O2/c1-18(2)23-14-24(30-26(29-23)31-11-9-28-17-31)32-12-10-27-15-22(32)13-25(35)33(20(4)34)16-21-7-5-19(3)6-8-21/h5-9,11,14,17-18,22,27H,10,12-13,15-16H2,1-4H3. The first-order valence-electron chi connectivity index (χ1n) is 12.0. The van der Waals surface area contributed by atoms with Gasteiger partial charge in [0, 0.05) is 51.4 Å². The molecule has 1 aliphatic heterocycles. The molecule has 1 aliphatic rings. The molecule has 0 spiro atoms. The van der Waals surface area contributed by atoms with Crippen molar-refractivity contribution < 1.29 is 9.59 Å². The van der Waals surface area contributed by atoms with E-state index in [9.17, 15) is 9.59 Å². The second-order valence-electron chi connectivity index (χ2n) is 9.32. The molecule has 4 rings (SSSR count). The quantitative estimate of drug-likeness (QED) is 0.561. The van der Waals surface area contributed by atoms with E-state index in [0.717, 1.165) is 29.2 Å². The van der Waals surface area contributed by atoms with Gasteiger partial charge in [0.25, 0.3) is 0 Å². The highest BCUT2D eigenvalue weighted by Gasteiger charge is 2.30. The van der Waals surface area contributed by atoms with Gasteiger partial charge in [-0.15, -0.1) is 0 Å². The molecule has 9 heteroatoms. The van der Waals surface area contributed by atoms with Crippen molar-refractivity contribution in [2.24, 2.45) is 0 Å². The third-order valence-electron chi connectivity index (χ3n) is 6.24. The average molecular weight is 476 g/mol. The van der Waals surface area contributed by atoms with Crippen LogP contribution in [0, 0.1) is 6.92 Å². The average Bonchev–Trinajstić information content (AvgIpc) is 3.38. The number of aryl methyl sites for hydroxylation is 1. The fourth-order valence-corrected chi connectivity index (χ4v) is 4.18. The van der Waals surface area contributed by atoms with E-state index < -0.39 is 0 Å². The lowest BCUT2D eigenvalue weighted by Crippen LogP contribution is -2.54. The lowest BCUT2D eigenvalue weighted by atomic mass is 10.1. The van der Waals surface area contributed by atoms with Crippen molar-refractivity contribution in [3.63, 3.8) is 0 Å². The second kappa shape index (κ2) is 10.8. The Labute approximate surface area is 206 Å². The number of imide groups is 1. The fourth-order valence-electron chi connectivity index (χ4n) is 4.18. The van der Waals surface area contributed by atoms with Gasteiger partial charge >= 0.3 is 0 Å². The van der Waals surface area contributed by atoms with Crippen LogP contribution in [0.25, 0.3) is 5.95 Å². The van der Waals surface area contributed by atoms with E-state index in [2.05, 4.69) is 29.0 Å². The van der Waals surface area contributed by atoms with Crippen LogP contribution in [-0.2, 0) is 16.1 Å². The molecule has 0 radical (unpaired) electrons. The lowest BCUT2D eigenvalue weighted by molar-refractivity contribution is -0.144. The van der Waals surface area contributed by atoms with Gasteiger partial charge in [-0.2, -0.15) is 4.98 Å². The van der Waals surface area contributed by atoms with Crippen molar-refractivity contribution in [2.45, 2.75) is 52.6 Å². The molecule has 3 aromatic rings. The summed E-state index contributed by atoms with van der Waals surface area (Å²) in [4.78, 5) is 42.9. The SMILES string of the molecule is CC(=O)N(Cc1ccc(C)cc1)C(=O)CC1CNCCN1c1cc(C(C)C)nc(-n2ccnc2)n1. The normalized spacial score (nSPS) is 15.9. The summed E-state index contributed by atoms with van der Waals surface area (Å²) in [6.45, 7) is 10.0. The van der Waals surface area contributed by atoms with Crippen LogP contribution in [-0.4, -0.2) is 61.9 Å². The first-order chi connectivity index (χ1) is 16.8. The number of benzene rings is 1. The van der Waals surface area contributed by atoms with Crippen molar-refractivity contribution in [3.05, 3.63) is 65.9 Å². The predicted molar refractivity (Wildman–Crippen MR) is 134 cm³/mol. The van der Waals surface area contributed by atoms with Crippen LogP contribution in [0.4, 0.5) is 5.82 Å². The smallest absolute Gasteiger partial charge is 0.237 e. The number of carbonyl (C=O) groups is 2. The summed E-state index contributed by atoms with van der Waals surface area (Å²) in [5, 5.41) is 3.39. The maximum Gasteiger partial charge on any atom is 0.237 e. The van der Waals surface area contributed by atoms with Gasteiger partial charge < -0.3 is 10.2 Å². The molecule has 2 aromatic heterocycles. The molecule has 2 amide bonds. The van der Waals surface area contributed by atoms with Gasteiger partial charge in [-0.3, -0.25) is 19.1 Å². The van der Waals surface area contributed by atoms with Gasteiger partial charge in [-0.05, 0) is 18.4 Å². The molecular weight excluding hydrogens is 442 g/mol. The van der Waals surface area contributed by atoms with E-state index in [-0.39, 0.29) is 36.7 Å². The molecule has 1 aromatic carbocycles. The van der Waals surface area contributed by atoms with Crippen molar-refractivity contribution in [2.75, 3.05) is 24.5 Å². The molecule has 1 saturated heterocycles. The number of hydrogen-bond donors (Lipinski definition) is 1. The topological polar surface area (TPSA) is 96.2 Å². The molecule has 1 atom stereocenters. The second-order valence-corrected chi connectivity index (χ2v) is 9.32. The maximum atomic E-state index is 13.3. The van der Waals surface area contributed by atoms with E-state index in [1.165, 1.54) is 11.8 Å². The highest BCUT2D eigenvalue weighted by atomic mass is 16.2. The number of amides is 2. The summed E-state index contributed by atoms with van der Waals surface area (Å²) in [5.74, 6) is 1.10. The van der Waals surface area contributed by atoms with Crippen LogP contribution >= 0.6 is 0 Å². The van der Waals surface area contributed by atoms with E-state index in [0.29, 0.717) is 19.0 Å². The number of rotatable bonds is 7. The largest absolute Gasteiger partial charge is 0.350 e.